The van der Waals surface area contributed by atoms with E-state index in [1.807, 2.05) is 13.8 Å². The van der Waals surface area contributed by atoms with E-state index in [4.69, 9.17) is 4.74 Å². The lowest BCUT2D eigenvalue weighted by Crippen LogP contribution is -2.58. The topological polar surface area (TPSA) is 66.9 Å². The quantitative estimate of drug-likeness (QED) is 0.290. The molecule has 0 saturated carbocycles. The molecule has 2 aromatic rings. The van der Waals surface area contributed by atoms with Gasteiger partial charge < -0.3 is 14.5 Å². The smallest absolute Gasteiger partial charge is 0.435 e. The molecule has 4 unspecified atom stereocenters. The number of fused-ring (bicyclic) bond motifs is 3. The average Bonchev–Trinajstić information content (AvgIpc) is 3.34. The van der Waals surface area contributed by atoms with Crippen molar-refractivity contribution in [3.05, 3.63) is 59.4 Å². The van der Waals surface area contributed by atoms with Crippen LogP contribution in [0.25, 0.3) is 0 Å². The number of urea groups is 1. The molecule has 3 heterocycles. The lowest BCUT2D eigenvalue weighted by atomic mass is 9.85. The van der Waals surface area contributed by atoms with Crippen molar-refractivity contribution in [3.63, 3.8) is 0 Å². The van der Waals surface area contributed by atoms with Gasteiger partial charge in [0.1, 0.15) is 22.9 Å². The number of alkyl halides is 7. The van der Waals surface area contributed by atoms with Crippen LogP contribution >= 0.6 is 0 Å². The molecule has 0 spiro atoms. The predicted octanol–water partition coefficient (Wildman–Crippen LogP) is 6.35. The molecule has 2 fully saturated rings. The van der Waals surface area contributed by atoms with Gasteiger partial charge in [-0.3, -0.25) is 0 Å². The van der Waals surface area contributed by atoms with Crippen molar-refractivity contribution in [1.82, 2.24) is 9.80 Å². The number of amides is 2. The van der Waals surface area contributed by atoms with Crippen molar-refractivity contribution in [3.8, 4) is 5.75 Å². The summed E-state index contributed by atoms with van der Waals surface area (Å²) in [6.07, 6.45) is -12.4. The third-order valence-electron chi connectivity index (χ3n) is 9.11. The molecule has 4 atom stereocenters. The van der Waals surface area contributed by atoms with Gasteiger partial charge >= 0.3 is 24.1 Å². The van der Waals surface area contributed by atoms with Crippen LogP contribution in [0.15, 0.2) is 47.4 Å². The Hall–Kier alpha value is -3.10. The lowest BCUT2D eigenvalue weighted by Gasteiger charge is -2.44. The van der Waals surface area contributed by atoms with Crippen molar-refractivity contribution in [1.29, 1.82) is 0 Å². The minimum atomic E-state index is -6.39. The zero-order valence-electron chi connectivity index (χ0n) is 23.0. The van der Waals surface area contributed by atoms with E-state index >= 15 is 0 Å². The van der Waals surface area contributed by atoms with Crippen molar-refractivity contribution in [2.45, 2.75) is 60.4 Å². The molecule has 2 saturated heterocycles. The summed E-state index contributed by atoms with van der Waals surface area (Å²) in [5, 5.41) is 0. The molecule has 0 N–H and O–H groups in total. The highest BCUT2D eigenvalue weighted by atomic mass is 32.2. The van der Waals surface area contributed by atoms with Gasteiger partial charge in [0.05, 0.1) is 10.9 Å². The van der Waals surface area contributed by atoms with Gasteiger partial charge in [0, 0.05) is 30.8 Å². The first-order chi connectivity index (χ1) is 19.9. The first-order valence-electron chi connectivity index (χ1n) is 13.5. The molecule has 0 aromatic heterocycles. The summed E-state index contributed by atoms with van der Waals surface area (Å²) in [6.45, 7) is 4.08. The lowest BCUT2D eigenvalue weighted by molar-refractivity contribution is -0.348. The van der Waals surface area contributed by atoms with E-state index in [1.165, 1.54) is 4.90 Å². The summed E-state index contributed by atoms with van der Waals surface area (Å²) in [5.41, 5.74) is -7.92. The number of carbonyl (C=O) groups excluding carboxylic acids is 1. The Morgan fingerprint density at radius 1 is 0.930 bits per heavy atom. The van der Waals surface area contributed by atoms with Crippen LogP contribution in [0.4, 0.5) is 39.9 Å². The second-order valence-corrected chi connectivity index (χ2v) is 13.7. The predicted molar refractivity (Wildman–Crippen MR) is 137 cm³/mol. The van der Waals surface area contributed by atoms with Gasteiger partial charge in [-0.1, -0.05) is 26.0 Å². The number of benzene rings is 2. The normalized spacial score (nSPS) is 26.5. The van der Waals surface area contributed by atoms with E-state index < -0.39 is 68.4 Å². The Kier molecular flexibility index (Phi) is 7.45. The number of sulfone groups is 1. The Morgan fingerprint density at radius 3 is 2.14 bits per heavy atom. The molecule has 2 amide bonds. The van der Waals surface area contributed by atoms with Crippen LogP contribution < -0.4 is 4.74 Å². The first-order valence-corrected chi connectivity index (χ1v) is 15.0. The van der Waals surface area contributed by atoms with Gasteiger partial charge in [0.25, 0.3) is 0 Å². The largest absolute Gasteiger partial charge is 0.491 e. The highest BCUT2D eigenvalue weighted by Crippen LogP contribution is 2.57. The van der Waals surface area contributed by atoms with Crippen molar-refractivity contribution in [2.24, 2.45) is 11.8 Å². The fourth-order valence-electron chi connectivity index (χ4n) is 6.39. The van der Waals surface area contributed by atoms with Gasteiger partial charge in [-0.15, -0.1) is 0 Å². The van der Waals surface area contributed by atoms with Crippen molar-refractivity contribution < 1.29 is 53.1 Å². The molecule has 2 aromatic carbocycles. The molecule has 0 radical (unpaired) electrons. The standard InChI is InChI=1S/C28H28F8N2O4S/c1-16-9-11-37(14-17(16)2)24(39)38-12-10-25(43(40,41)20-6-4-19(29)5-7-20)21-8-3-18(13-22(21)42-15-23(25)38)26(30,27(31,32)33)28(34,35)36/h3-8,13,16-17,23H,9-12,14-15H2,1-2H3. The Labute approximate surface area is 242 Å². The molecular formula is C28H28F8N2O4S. The van der Waals surface area contributed by atoms with Crippen LogP contribution in [0.3, 0.4) is 0 Å². The average molecular weight is 641 g/mol. The van der Waals surface area contributed by atoms with E-state index in [2.05, 4.69) is 0 Å². The Balaban J connectivity index is 1.65. The molecule has 15 heteroatoms. The summed E-state index contributed by atoms with van der Waals surface area (Å²) in [5.74, 6) is -0.946. The fourth-order valence-corrected chi connectivity index (χ4v) is 8.68. The second-order valence-electron chi connectivity index (χ2n) is 11.5. The number of carbonyl (C=O) groups is 1. The third-order valence-corrected chi connectivity index (χ3v) is 11.7. The van der Waals surface area contributed by atoms with E-state index in [0.29, 0.717) is 31.5 Å². The molecule has 236 valence electrons. The Morgan fingerprint density at radius 2 is 1.56 bits per heavy atom. The van der Waals surface area contributed by atoms with E-state index in [9.17, 15) is 48.3 Å². The summed E-state index contributed by atoms with van der Waals surface area (Å²) in [6, 6.07) is 3.15. The van der Waals surface area contributed by atoms with Gasteiger partial charge in [-0.25, -0.2) is 22.0 Å². The van der Waals surface area contributed by atoms with Crippen LogP contribution in [0.1, 0.15) is 37.8 Å². The molecule has 3 aliphatic rings. The summed E-state index contributed by atoms with van der Waals surface area (Å²) < 4.78 is 142. The van der Waals surface area contributed by atoms with Crippen LogP contribution in [0, 0.1) is 17.7 Å². The molecule has 5 rings (SSSR count). The molecule has 6 nitrogen and oxygen atoms in total. The van der Waals surface area contributed by atoms with Gasteiger partial charge in [0.2, 0.25) is 0 Å². The third kappa shape index (κ3) is 4.63. The number of halogens is 8. The molecule has 0 aliphatic carbocycles. The van der Waals surface area contributed by atoms with Crippen molar-refractivity contribution >= 4 is 15.9 Å². The van der Waals surface area contributed by atoms with Crippen LogP contribution in [0.5, 0.6) is 5.75 Å². The van der Waals surface area contributed by atoms with Crippen LogP contribution in [-0.2, 0) is 20.3 Å². The number of ether oxygens (including phenoxy) is 1. The first kappa shape index (κ1) is 31.3. The van der Waals surface area contributed by atoms with Gasteiger partial charge in [-0.2, -0.15) is 26.3 Å². The summed E-state index contributed by atoms with van der Waals surface area (Å²) in [4.78, 5) is 16.2. The maximum atomic E-state index is 14.9. The summed E-state index contributed by atoms with van der Waals surface area (Å²) in [7, 11) is -4.61. The van der Waals surface area contributed by atoms with E-state index in [-0.39, 0.29) is 41.5 Å². The second kappa shape index (κ2) is 10.2. The SMILES string of the molecule is CC1CCN(C(=O)N2CCC3(S(=O)(=O)c4ccc(F)cc4)c4ccc(C(F)(C(F)(F)F)C(F)(F)F)cc4OCC23)CC1C. The van der Waals surface area contributed by atoms with Gasteiger partial charge in [-0.05, 0) is 55.0 Å². The van der Waals surface area contributed by atoms with E-state index in [1.54, 1.807) is 4.90 Å². The summed E-state index contributed by atoms with van der Waals surface area (Å²) >= 11 is 0. The number of hydrogen-bond donors (Lipinski definition) is 0. The fraction of sp³-hybridized carbons (Fsp3) is 0.536. The van der Waals surface area contributed by atoms with Gasteiger partial charge in [0.15, 0.2) is 9.84 Å². The number of rotatable bonds is 3. The zero-order chi connectivity index (χ0) is 31.8. The Bertz CT molecular complexity index is 1500. The number of piperidine rings is 1. The number of nitrogens with zero attached hydrogens (tertiary/aromatic N) is 2. The van der Waals surface area contributed by atoms with Crippen LogP contribution in [0.2, 0.25) is 0 Å². The molecule has 0 bridgehead atoms. The molecule has 3 aliphatic heterocycles. The maximum Gasteiger partial charge on any atom is 0.435 e. The number of hydrogen-bond acceptors (Lipinski definition) is 4. The highest BCUT2D eigenvalue weighted by Gasteiger charge is 2.74. The number of likely N-dealkylation sites (tertiary alicyclic amines) is 2. The minimum absolute atomic E-state index is 0.132. The van der Waals surface area contributed by atoms with Crippen LogP contribution in [-0.4, -0.2) is 68.9 Å². The maximum absolute atomic E-state index is 14.9. The minimum Gasteiger partial charge on any atom is -0.491 e. The monoisotopic (exact) mass is 640 g/mol. The zero-order valence-corrected chi connectivity index (χ0v) is 23.8. The molecule has 43 heavy (non-hydrogen) atoms. The van der Waals surface area contributed by atoms with E-state index in [0.717, 1.165) is 24.3 Å². The highest BCUT2D eigenvalue weighted by molar-refractivity contribution is 7.92. The van der Waals surface area contributed by atoms with Crippen molar-refractivity contribution in [2.75, 3.05) is 26.2 Å². The molecular weight excluding hydrogens is 612 g/mol.